The van der Waals surface area contributed by atoms with E-state index in [0.717, 1.165) is 16.5 Å². The highest BCUT2D eigenvalue weighted by molar-refractivity contribution is 5.85. The molecule has 26 heavy (non-hydrogen) atoms. The largest absolute Gasteiger partial charge is 0.508 e. The zero-order chi connectivity index (χ0) is 19.9. The van der Waals surface area contributed by atoms with Crippen molar-refractivity contribution in [1.29, 1.82) is 0 Å². The lowest BCUT2D eigenvalue weighted by Crippen LogP contribution is -1.97. The van der Waals surface area contributed by atoms with Gasteiger partial charge in [-0.3, -0.25) is 0 Å². The fourth-order valence-electron chi connectivity index (χ4n) is 2.39. The van der Waals surface area contributed by atoms with Crippen LogP contribution < -0.4 is 5.63 Å². The molecule has 2 aromatic rings. The summed E-state index contributed by atoms with van der Waals surface area (Å²) in [5.74, 6) is 0.642. The van der Waals surface area contributed by atoms with Gasteiger partial charge in [-0.2, -0.15) is 0 Å². The number of carbonyl (C=O) groups is 1. The third-order valence-electron chi connectivity index (χ3n) is 3.80. The maximum Gasteiger partial charge on any atom is 0.336 e. The molecule has 0 saturated heterocycles. The number of hydrogen-bond acceptors (Lipinski definition) is 5. The first-order valence-electron chi connectivity index (χ1n) is 8.92. The number of benzene rings is 1. The van der Waals surface area contributed by atoms with Gasteiger partial charge in [-0.25, -0.2) is 9.59 Å². The minimum atomic E-state index is -0.400. The lowest BCUT2D eigenvalue weighted by Gasteiger charge is -2.09. The number of cyclic esters (lactones) is 1. The van der Waals surface area contributed by atoms with E-state index in [1.54, 1.807) is 18.2 Å². The Morgan fingerprint density at radius 2 is 1.65 bits per heavy atom. The molecule has 1 aromatic heterocycles. The Balaban J connectivity index is 0.000000263. The van der Waals surface area contributed by atoms with E-state index in [4.69, 9.17) is 9.15 Å². The van der Waals surface area contributed by atoms with E-state index in [1.165, 1.54) is 12.1 Å². The molecule has 1 aliphatic rings. The highest BCUT2D eigenvalue weighted by atomic mass is 16.5. The van der Waals surface area contributed by atoms with Crippen LogP contribution in [0.15, 0.2) is 45.1 Å². The van der Waals surface area contributed by atoms with Crippen molar-refractivity contribution in [3.8, 4) is 5.75 Å². The van der Waals surface area contributed by atoms with Gasteiger partial charge in [-0.1, -0.05) is 41.5 Å². The van der Waals surface area contributed by atoms with Crippen molar-refractivity contribution in [2.45, 2.75) is 47.5 Å². The van der Waals surface area contributed by atoms with E-state index in [2.05, 4.69) is 0 Å². The van der Waals surface area contributed by atoms with Crippen molar-refractivity contribution < 1.29 is 19.1 Å². The summed E-state index contributed by atoms with van der Waals surface area (Å²) in [6.07, 6.45) is 1.57. The fourth-order valence-corrected chi connectivity index (χ4v) is 2.39. The Hall–Kier alpha value is -2.56. The smallest absolute Gasteiger partial charge is 0.336 e. The van der Waals surface area contributed by atoms with Crippen molar-refractivity contribution >= 4 is 16.9 Å². The normalized spacial score (nSPS) is 12.9. The average molecular weight is 360 g/mol. The summed E-state index contributed by atoms with van der Waals surface area (Å²) < 4.78 is 9.71. The van der Waals surface area contributed by atoms with Crippen LogP contribution in [0.25, 0.3) is 11.0 Å². The van der Waals surface area contributed by atoms with E-state index in [1.807, 2.05) is 41.5 Å². The Kier molecular flexibility index (Phi) is 8.10. The number of esters is 1. The van der Waals surface area contributed by atoms with Crippen molar-refractivity contribution in [2.75, 3.05) is 6.61 Å². The van der Waals surface area contributed by atoms with Crippen LogP contribution in [-0.4, -0.2) is 17.7 Å². The van der Waals surface area contributed by atoms with Gasteiger partial charge in [-0.05, 0) is 35.1 Å². The predicted molar refractivity (Wildman–Crippen MR) is 103 cm³/mol. The SMILES string of the molecule is CC.CC(C)C1=CC(=O)OC1.CC(C)c1cc(O)cc2oc(=O)ccc12. The fraction of sp³-hybridized carbons (Fsp3) is 0.429. The van der Waals surface area contributed by atoms with Crippen LogP contribution >= 0.6 is 0 Å². The second-order valence-electron chi connectivity index (χ2n) is 6.34. The molecule has 0 bridgehead atoms. The molecule has 5 heteroatoms. The molecule has 0 saturated carbocycles. The number of rotatable bonds is 2. The molecule has 1 N–H and O–H groups in total. The Morgan fingerprint density at radius 1 is 1.00 bits per heavy atom. The van der Waals surface area contributed by atoms with Gasteiger partial charge in [0.1, 0.15) is 17.9 Å². The molecule has 0 fully saturated rings. The first-order valence-corrected chi connectivity index (χ1v) is 8.92. The molecular formula is C21H28O5. The lowest BCUT2D eigenvalue weighted by atomic mass is 9.98. The summed E-state index contributed by atoms with van der Waals surface area (Å²) >= 11 is 0. The topological polar surface area (TPSA) is 76.7 Å². The molecule has 1 aliphatic heterocycles. The molecule has 2 heterocycles. The number of phenols is 1. The number of carbonyl (C=O) groups excluding carboxylic acids is 1. The van der Waals surface area contributed by atoms with Crippen molar-refractivity contribution in [3.05, 3.63) is 51.9 Å². The molecule has 0 atom stereocenters. The third-order valence-corrected chi connectivity index (χ3v) is 3.80. The number of fused-ring (bicyclic) bond motifs is 1. The molecule has 0 spiro atoms. The quantitative estimate of drug-likeness (QED) is 0.616. The van der Waals surface area contributed by atoms with Gasteiger partial charge in [0.2, 0.25) is 0 Å². The molecule has 0 radical (unpaired) electrons. The Morgan fingerprint density at radius 3 is 2.12 bits per heavy atom. The van der Waals surface area contributed by atoms with Crippen molar-refractivity contribution in [2.24, 2.45) is 5.92 Å². The molecule has 0 amide bonds. The van der Waals surface area contributed by atoms with E-state index in [-0.39, 0.29) is 17.6 Å². The van der Waals surface area contributed by atoms with Crippen LogP contribution in [0.4, 0.5) is 0 Å². The highest BCUT2D eigenvalue weighted by Crippen LogP contribution is 2.28. The van der Waals surface area contributed by atoms with Gasteiger partial charge in [-0.15, -0.1) is 0 Å². The second kappa shape index (κ2) is 9.80. The zero-order valence-electron chi connectivity index (χ0n) is 16.3. The van der Waals surface area contributed by atoms with E-state index in [9.17, 15) is 14.7 Å². The molecule has 5 nitrogen and oxygen atoms in total. The number of phenolic OH excluding ortho intramolecular Hbond substituents is 1. The first kappa shape index (κ1) is 21.5. The third kappa shape index (κ3) is 5.76. The van der Waals surface area contributed by atoms with Crippen LogP contribution in [0.5, 0.6) is 5.75 Å². The van der Waals surface area contributed by atoms with Crippen LogP contribution in [0, 0.1) is 5.92 Å². The zero-order valence-corrected chi connectivity index (χ0v) is 16.3. The van der Waals surface area contributed by atoms with Crippen LogP contribution in [0.1, 0.15) is 53.0 Å². The molecule has 0 unspecified atom stereocenters. The predicted octanol–water partition coefficient (Wildman–Crippen LogP) is 4.77. The number of hydrogen-bond donors (Lipinski definition) is 1. The first-order chi connectivity index (χ1) is 12.3. The minimum Gasteiger partial charge on any atom is -0.508 e. The maximum absolute atomic E-state index is 11.0. The summed E-state index contributed by atoms with van der Waals surface area (Å²) in [4.78, 5) is 21.5. The average Bonchev–Trinajstić information content (AvgIpc) is 3.03. The van der Waals surface area contributed by atoms with Crippen LogP contribution in [-0.2, 0) is 9.53 Å². The Bertz CT molecular complexity index is 828. The summed E-state index contributed by atoms with van der Waals surface area (Å²) in [7, 11) is 0. The summed E-state index contributed by atoms with van der Waals surface area (Å²) in [6, 6.07) is 6.29. The van der Waals surface area contributed by atoms with Gasteiger partial charge in [0.05, 0.1) is 0 Å². The summed E-state index contributed by atoms with van der Waals surface area (Å²) in [5.41, 5.74) is 2.11. The molecule has 1 aromatic carbocycles. The molecule has 3 rings (SSSR count). The van der Waals surface area contributed by atoms with Gasteiger partial charge in [0, 0.05) is 23.6 Å². The van der Waals surface area contributed by atoms with Crippen LogP contribution in [0.3, 0.4) is 0 Å². The number of aromatic hydroxyl groups is 1. The summed E-state index contributed by atoms with van der Waals surface area (Å²) in [6.45, 7) is 12.6. The summed E-state index contributed by atoms with van der Waals surface area (Å²) in [5, 5.41) is 10.4. The van der Waals surface area contributed by atoms with E-state index in [0.29, 0.717) is 18.1 Å². The van der Waals surface area contributed by atoms with E-state index >= 15 is 0 Å². The molecule has 142 valence electrons. The maximum atomic E-state index is 11.0. The monoisotopic (exact) mass is 360 g/mol. The molecule has 0 aliphatic carbocycles. The van der Waals surface area contributed by atoms with Gasteiger partial charge in [0.15, 0.2) is 0 Å². The van der Waals surface area contributed by atoms with Crippen molar-refractivity contribution in [1.82, 2.24) is 0 Å². The minimum absolute atomic E-state index is 0.126. The van der Waals surface area contributed by atoms with Gasteiger partial charge in [0.25, 0.3) is 0 Å². The lowest BCUT2D eigenvalue weighted by molar-refractivity contribution is -0.134. The second-order valence-corrected chi connectivity index (χ2v) is 6.34. The number of ether oxygens (including phenoxy) is 1. The van der Waals surface area contributed by atoms with Gasteiger partial charge >= 0.3 is 11.6 Å². The molecular weight excluding hydrogens is 332 g/mol. The van der Waals surface area contributed by atoms with E-state index < -0.39 is 5.63 Å². The van der Waals surface area contributed by atoms with Crippen LogP contribution in [0.2, 0.25) is 0 Å². The Labute approximate surface area is 154 Å². The van der Waals surface area contributed by atoms with Crippen molar-refractivity contribution in [3.63, 3.8) is 0 Å². The standard InChI is InChI=1S/C12H12O3.C7H10O2.C2H6/c1-7(2)10-5-8(13)6-11-9(10)3-4-12(14)15-11;1-5(2)6-3-7(8)9-4-6;1-2/h3-7,13H,1-2H3;3,5H,4H2,1-2H3;1-2H3. The highest BCUT2D eigenvalue weighted by Gasteiger charge is 2.14. The van der Waals surface area contributed by atoms with Gasteiger partial charge < -0.3 is 14.3 Å².